The van der Waals surface area contributed by atoms with Crippen molar-refractivity contribution in [1.29, 1.82) is 0 Å². The average Bonchev–Trinajstić information content (AvgIpc) is 3.49. The van der Waals surface area contributed by atoms with Crippen LogP contribution in [0.25, 0.3) is 77.2 Å². The van der Waals surface area contributed by atoms with Crippen LogP contribution in [0.4, 0.5) is 0 Å². The third kappa shape index (κ3) is 4.65. The monoisotopic (exact) mass is 662 g/mol. The average molecular weight is 663 g/mol. The van der Waals surface area contributed by atoms with Crippen LogP contribution in [0.5, 0.6) is 0 Å². The lowest BCUT2D eigenvalue weighted by atomic mass is 9.73. The number of nitrogens with zero attached hydrogens (tertiary/aromatic N) is 2. The summed E-state index contributed by atoms with van der Waals surface area (Å²) in [5, 5.41) is 4.71. The predicted octanol–water partition coefficient (Wildman–Crippen LogP) is 12.8. The summed E-state index contributed by atoms with van der Waals surface area (Å²) in [5.41, 5.74) is 16.0. The molecule has 1 aliphatic rings. The molecule has 0 saturated heterocycles. The van der Waals surface area contributed by atoms with Crippen LogP contribution in [-0.4, -0.2) is 9.97 Å². The van der Waals surface area contributed by atoms with Gasteiger partial charge in [-0.25, -0.2) is 0 Å². The molecule has 1 aliphatic carbocycles. The minimum absolute atomic E-state index is 0.287. The van der Waals surface area contributed by atoms with Gasteiger partial charge >= 0.3 is 0 Å². The Hall–Kier alpha value is -6.64. The van der Waals surface area contributed by atoms with Crippen molar-refractivity contribution in [3.8, 4) is 55.6 Å². The van der Waals surface area contributed by atoms with E-state index in [9.17, 15) is 0 Å². The zero-order valence-electron chi connectivity index (χ0n) is 28.8. The summed E-state index contributed by atoms with van der Waals surface area (Å²) < 4.78 is 0. The number of hydrogen-bond acceptors (Lipinski definition) is 2. The van der Waals surface area contributed by atoms with Crippen LogP contribution >= 0.6 is 0 Å². The van der Waals surface area contributed by atoms with Crippen LogP contribution in [0.1, 0.15) is 23.6 Å². The first-order valence-electron chi connectivity index (χ1n) is 17.9. The maximum absolute atomic E-state index is 4.36. The minimum atomic E-state index is -0.287. The van der Waals surface area contributed by atoms with E-state index in [1.807, 2.05) is 24.8 Å². The summed E-state index contributed by atoms with van der Waals surface area (Å²) in [4.78, 5) is 8.71. The molecule has 0 amide bonds. The molecule has 0 bridgehead atoms. The summed E-state index contributed by atoms with van der Waals surface area (Å²) in [6.07, 6.45) is 7.63. The second-order valence-corrected chi connectivity index (χ2v) is 13.9. The van der Waals surface area contributed by atoms with Crippen molar-refractivity contribution in [1.82, 2.24) is 9.97 Å². The van der Waals surface area contributed by atoms with Crippen molar-refractivity contribution < 1.29 is 0 Å². The van der Waals surface area contributed by atoms with E-state index in [1.165, 1.54) is 83.1 Å². The first-order valence-corrected chi connectivity index (χ1v) is 17.9. The fourth-order valence-corrected chi connectivity index (χ4v) is 8.60. The molecule has 7 aromatic carbocycles. The maximum Gasteiger partial charge on any atom is 0.0435 e. The quantitative estimate of drug-likeness (QED) is 0.183. The highest BCUT2D eigenvalue weighted by atomic mass is 14.6. The zero-order valence-corrected chi connectivity index (χ0v) is 28.8. The number of fused-ring (bicyclic) bond motifs is 5. The summed E-state index contributed by atoms with van der Waals surface area (Å²) >= 11 is 0. The van der Waals surface area contributed by atoms with Crippen molar-refractivity contribution in [2.24, 2.45) is 0 Å². The molecule has 244 valence electrons. The van der Waals surface area contributed by atoms with Crippen molar-refractivity contribution in [3.63, 3.8) is 0 Å². The Balaban J connectivity index is 1.18. The lowest BCUT2D eigenvalue weighted by Gasteiger charge is -2.29. The van der Waals surface area contributed by atoms with E-state index >= 15 is 0 Å². The number of hydrogen-bond donors (Lipinski definition) is 0. The number of pyridine rings is 2. The predicted molar refractivity (Wildman–Crippen MR) is 216 cm³/mol. The van der Waals surface area contributed by atoms with Gasteiger partial charge in [-0.15, -0.1) is 0 Å². The minimum Gasteiger partial charge on any atom is -0.264 e. The molecule has 0 radical (unpaired) electrons. The molecule has 1 atom stereocenters. The van der Waals surface area contributed by atoms with E-state index in [1.54, 1.807) is 0 Å². The SMILES string of the molecule is CC1(c2ccccc2)c2ccccc2-c2c1ccc(-c1ccc(-c3cccc4cnccc34)cc1)c2-c1ccc(-c2cccc3cnccc23)cc1. The van der Waals surface area contributed by atoms with Crippen LogP contribution < -0.4 is 0 Å². The van der Waals surface area contributed by atoms with E-state index in [0.29, 0.717) is 0 Å². The van der Waals surface area contributed by atoms with Crippen LogP contribution in [-0.2, 0) is 5.41 Å². The van der Waals surface area contributed by atoms with Gasteiger partial charge in [-0.2, -0.15) is 0 Å². The number of benzene rings is 7. The van der Waals surface area contributed by atoms with Gasteiger partial charge < -0.3 is 0 Å². The summed E-state index contributed by atoms with van der Waals surface area (Å²) in [6.45, 7) is 2.39. The summed E-state index contributed by atoms with van der Waals surface area (Å²) in [7, 11) is 0. The molecule has 0 saturated carbocycles. The molecule has 0 spiro atoms. The Morgan fingerprint density at radius 3 is 1.50 bits per heavy atom. The third-order valence-electron chi connectivity index (χ3n) is 11.2. The van der Waals surface area contributed by atoms with Gasteiger partial charge in [-0.05, 0) is 102 Å². The van der Waals surface area contributed by atoms with Crippen LogP contribution in [0, 0.1) is 0 Å². The fraction of sp³-hybridized carbons (Fsp3) is 0.0400. The van der Waals surface area contributed by atoms with Crippen LogP contribution in [0.15, 0.2) is 189 Å². The lowest BCUT2D eigenvalue weighted by Crippen LogP contribution is -2.22. The first kappa shape index (κ1) is 30.2. The Labute approximate surface area is 303 Å². The Morgan fingerprint density at radius 1 is 0.365 bits per heavy atom. The van der Waals surface area contributed by atoms with Gasteiger partial charge in [0.15, 0.2) is 0 Å². The molecule has 2 heteroatoms. The van der Waals surface area contributed by atoms with Crippen molar-refractivity contribution >= 4 is 21.5 Å². The smallest absolute Gasteiger partial charge is 0.0435 e. The van der Waals surface area contributed by atoms with E-state index in [-0.39, 0.29) is 5.41 Å². The van der Waals surface area contributed by atoms with Gasteiger partial charge in [0.25, 0.3) is 0 Å². The number of aromatic nitrogens is 2. The second-order valence-electron chi connectivity index (χ2n) is 13.9. The molecule has 10 rings (SSSR count). The highest BCUT2D eigenvalue weighted by Gasteiger charge is 2.42. The molecular weight excluding hydrogens is 629 g/mol. The molecule has 9 aromatic rings. The third-order valence-corrected chi connectivity index (χ3v) is 11.2. The van der Waals surface area contributed by atoms with Gasteiger partial charge in [0.05, 0.1) is 0 Å². The molecule has 52 heavy (non-hydrogen) atoms. The molecule has 1 unspecified atom stereocenters. The summed E-state index contributed by atoms with van der Waals surface area (Å²) in [6, 6.07) is 60.1. The molecule has 2 heterocycles. The van der Waals surface area contributed by atoms with E-state index in [4.69, 9.17) is 0 Å². The van der Waals surface area contributed by atoms with Gasteiger partial charge in [0.1, 0.15) is 0 Å². The molecule has 0 fully saturated rings. The van der Waals surface area contributed by atoms with Crippen molar-refractivity contribution in [2.45, 2.75) is 12.3 Å². The fourth-order valence-electron chi connectivity index (χ4n) is 8.60. The van der Waals surface area contributed by atoms with E-state index in [0.717, 1.165) is 10.8 Å². The van der Waals surface area contributed by atoms with Gasteiger partial charge in [0, 0.05) is 41.0 Å². The summed E-state index contributed by atoms with van der Waals surface area (Å²) in [5.74, 6) is 0. The molecule has 0 aliphatic heterocycles. The molecule has 2 nitrogen and oxygen atoms in total. The highest BCUT2D eigenvalue weighted by molar-refractivity contribution is 6.02. The lowest BCUT2D eigenvalue weighted by molar-refractivity contribution is 0.714. The van der Waals surface area contributed by atoms with Crippen molar-refractivity contribution in [2.75, 3.05) is 0 Å². The Morgan fingerprint density at radius 2 is 0.885 bits per heavy atom. The molecule has 0 N–H and O–H groups in total. The Bertz CT molecular complexity index is 2770. The maximum atomic E-state index is 4.36. The van der Waals surface area contributed by atoms with Crippen LogP contribution in [0.2, 0.25) is 0 Å². The zero-order chi connectivity index (χ0) is 34.6. The topological polar surface area (TPSA) is 25.8 Å². The van der Waals surface area contributed by atoms with Crippen molar-refractivity contribution in [3.05, 3.63) is 205 Å². The highest BCUT2D eigenvalue weighted by Crippen LogP contribution is 2.57. The van der Waals surface area contributed by atoms with E-state index < -0.39 is 0 Å². The van der Waals surface area contributed by atoms with Crippen LogP contribution in [0.3, 0.4) is 0 Å². The largest absolute Gasteiger partial charge is 0.264 e. The van der Waals surface area contributed by atoms with E-state index in [2.05, 4.69) is 181 Å². The molecule has 2 aromatic heterocycles. The van der Waals surface area contributed by atoms with Gasteiger partial charge in [0.2, 0.25) is 0 Å². The second kappa shape index (κ2) is 12.0. The first-order chi connectivity index (χ1) is 25.7. The number of rotatable bonds is 5. The molecular formula is C50H34N2. The normalized spacial score (nSPS) is 14.7. The van der Waals surface area contributed by atoms with Gasteiger partial charge in [-0.3, -0.25) is 9.97 Å². The Kier molecular flexibility index (Phi) is 6.97. The van der Waals surface area contributed by atoms with Gasteiger partial charge in [-0.1, -0.05) is 152 Å². The standard InChI is InChI=1S/C50H34N2/c1-50(39-11-3-2-4-12-39)46-16-6-5-13-45(46)49-47(50)26-25-44(35-19-17-33(18-20-35)40-14-7-9-37-31-51-29-27-42(37)40)48(49)36-23-21-34(22-24-36)41-15-8-10-38-32-52-30-28-43(38)41/h2-32H,1H3.